The molecule has 3 rings (SSSR count). The molecule has 0 N–H and O–H groups in total. The molecule has 160 valence electrons. The Labute approximate surface area is 183 Å². The first-order chi connectivity index (χ1) is 13.7. The van der Waals surface area contributed by atoms with E-state index in [0.717, 1.165) is 28.0 Å². The summed E-state index contributed by atoms with van der Waals surface area (Å²) in [6.45, 7) is 14.7. The minimum Gasteiger partial charge on any atom is -0.307 e. The molecule has 1 fully saturated rings. The average Bonchev–Trinajstić information content (AvgIpc) is 2.94. The Balaban J connectivity index is 2.12. The van der Waals surface area contributed by atoms with Gasteiger partial charge in [-0.3, -0.25) is 4.79 Å². The fourth-order valence-electron chi connectivity index (χ4n) is 6.28. The van der Waals surface area contributed by atoms with E-state index < -0.39 is 8.07 Å². The highest BCUT2D eigenvalue weighted by Gasteiger charge is 2.49. The van der Waals surface area contributed by atoms with E-state index in [1.165, 1.54) is 32.1 Å². The maximum atomic E-state index is 13.8. The Morgan fingerprint density at radius 2 is 1.55 bits per heavy atom. The largest absolute Gasteiger partial charge is 0.307 e. The highest BCUT2D eigenvalue weighted by molar-refractivity contribution is 6.98. The molecule has 2 nitrogen and oxygen atoms in total. The van der Waals surface area contributed by atoms with Gasteiger partial charge in [0.25, 0.3) is 5.91 Å². The monoisotopic (exact) mass is 431 g/mol. The molecule has 0 aromatic heterocycles. The molecule has 0 bridgehead atoms. The predicted molar refractivity (Wildman–Crippen MR) is 129 cm³/mol. The summed E-state index contributed by atoms with van der Waals surface area (Å²) in [5.74, 6) is 0.752. The Morgan fingerprint density at radius 3 is 2.10 bits per heavy atom. The number of rotatable bonds is 6. The molecule has 0 unspecified atom stereocenters. The van der Waals surface area contributed by atoms with Gasteiger partial charge in [-0.1, -0.05) is 90.6 Å². The number of fused-ring (bicyclic) bond motifs is 1. The van der Waals surface area contributed by atoms with Gasteiger partial charge in [0.15, 0.2) is 0 Å². The Morgan fingerprint density at radius 1 is 1.00 bits per heavy atom. The molecule has 2 aliphatic rings. The highest BCUT2D eigenvalue weighted by atomic mass is 35.5. The fraction of sp³-hybridized carbons (Fsp3) is 0.640. The van der Waals surface area contributed by atoms with E-state index in [1.54, 1.807) is 0 Å². The van der Waals surface area contributed by atoms with Crippen molar-refractivity contribution < 1.29 is 4.79 Å². The van der Waals surface area contributed by atoms with Gasteiger partial charge in [-0.2, -0.15) is 0 Å². The van der Waals surface area contributed by atoms with Gasteiger partial charge in [0.2, 0.25) is 0 Å². The van der Waals surface area contributed by atoms with Crippen molar-refractivity contribution in [3.8, 4) is 0 Å². The number of amides is 1. The normalized spacial score (nSPS) is 20.2. The van der Waals surface area contributed by atoms with Crippen LogP contribution in [0.25, 0.3) is 5.57 Å². The van der Waals surface area contributed by atoms with Crippen LogP contribution in [0.1, 0.15) is 79.2 Å². The molecular formula is C25H38ClNOSi. The number of anilines is 1. The topological polar surface area (TPSA) is 20.3 Å². The van der Waals surface area contributed by atoms with E-state index in [2.05, 4.69) is 59.7 Å². The molecule has 1 saturated carbocycles. The van der Waals surface area contributed by atoms with Gasteiger partial charge < -0.3 is 4.90 Å². The summed E-state index contributed by atoms with van der Waals surface area (Å²) >= 11 is 7.32. The zero-order chi connectivity index (χ0) is 21.3. The number of benzene rings is 1. The van der Waals surface area contributed by atoms with E-state index in [-0.39, 0.29) is 5.91 Å². The van der Waals surface area contributed by atoms with Crippen LogP contribution in [0.5, 0.6) is 0 Å². The summed E-state index contributed by atoms with van der Waals surface area (Å²) in [5.41, 5.74) is 4.37. The lowest BCUT2D eigenvalue weighted by Crippen LogP contribution is -2.46. The van der Waals surface area contributed by atoms with Crippen molar-refractivity contribution in [3.05, 3.63) is 34.5 Å². The number of nitrogens with zero attached hydrogens (tertiary/aromatic N) is 1. The average molecular weight is 432 g/mol. The van der Waals surface area contributed by atoms with Crippen LogP contribution in [0, 0.1) is 5.92 Å². The SMILES string of the molecule is CC(C)[Si](/C(Cl)=C1\C(=O)N(CC2CCCCC2)c2ccccc21)(C(C)C)C(C)C. The first-order valence-electron chi connectivity index (χ1n) is 11.5. The van der Waals surface area contributed by atoms with Crippen molar-refractivity contribution in [3.63, 3.8) is 0 Å². The van der Waals surface area contributed by atoms with Gasteiger partial charge in [0, 0.05) is 16.8 Å². The van der Waals surface area contributed by atoms with Gasteiger partial charge >= 0.3 is 0 Å². The second-order valence-electron chi connectivity index (χ2n) is 10.0. The van der Waals surface area contributed by atoms with Crippen LogP contribution in [0.2, 0.25) is 16.6 Å². The van der Waals surface area contributed by atoms with Crippen molar-refractivity contribution >= 4 is 36.8 Å². The molecule has 0 radical (unpaired) electrons. The molecule has 0 spiro atoms. The van der Waals surface area contributed by atoms with Crippen molar-refractivity contribution in [1.82, 2.24) is 0 Å². The minimum absolute atomic E-state index is 0.139. The van der Waals surface area contributed by atoms with E-state index in [1.807, 2.05) is 11.0 Å². The molecule has 29 heavy (non-hydrogen) atoms. The van der Waals surface area contributed by atoms with Crippen LogP contribution < -0.4 is 4.90 Å². The van der Waals surface area contributed by atoms with Crippen LogP contribution in [0.15, 0.2) is 28.9 Å². The number of carbonyl (C=O) groups excluding carboxylic acids is 1. The van der Waals surface area contributed by atoms with Gasteiger partial charge in [-0.05, 0) is 41.4 Å². The number of halogens is 1. The fourth-order valence-corrected chi connectivity index (χ4v) is 14.6. The third kappa shape index (κ3) is 3.85. The third-order valence-corrected chi connectivity index (χ3v) is 15.5. The van der Waals surface area contributed by atoms with Crippen LogP contribution >= 0.6 is 11.6 Å². The molecule has 1 heterocycles. The quantitative estimate of drug-likeness (QED) is 0.332. The zero-order valence-electron chi connectivity index (χ0n) is 19.1. The van der Waals surface area contributed by atoms with Gasteiger partial charge in [0.1, 0.15) is 8.07 Å². The van der Waals surface area contributed by atoms with E-state index in [0.29, 0.717) is 22.5 Å². The van der Waals surface area contributed by atoms with E-state index in [4.69, 9.17) is 11.6 Å². The van der Waals surface area contributed by atoms with Crippen LogP contribution in [0.3, 0.4) is 0 Å². The molecule has 0 saturated heterocycles. The molecule has 1 aromatic rings. The summed E-state index contributed by atoms with van der Waals surface area (Å²) in [6, 6.07) is 8.31. The van der Waals surface area contributed by atoms with Crippen molar-refractivity contribution in [2.45, 2.75) is 90.3 Å². The maximum absolute atomic E-state index is 13.8. The maximum Gasteiger partial charge on any atom is 0.259 e. The summed E-state index contributed by atoms with van der Waals surface area (Å²) in [6.07, 6.45) is 6.40. The minimum atomic E-state index is -2.09. The lowest BCUT2D eigenvalue weighted by molar-refractivity contribution is -0.113. The van der Waals surface area contributed by atoms with Gasteiger partial charge in [-0.25, -0.2) is 0 Å². The molecule has 0 atom stereocenters. The summed E-state index contributed by atoms with van der Waals surface area (Å²) in [4.78, 5) is 15.8. The standard InChI is InChI=1S/C25H38ClNOSi/c1-17(2)29(18(3)4,19(5)6)24(26)23-21-14-10-11-15-22(21)27(25(23)28)16-20-12-8-7-9-13-20/h10-11,14-15,17-20H,7-9,12-13,16H2,1-6H3/b24-23-. The number of hydrogen-bond acceptors (Lipinski definition) is 1. The van der Waals surface area contributed by atoms with E-state index >= 15 is 0 Å². The molecule has 1 aromatic carbocycles. The summed E-state index contributed by atoms with van der Waals surface area (Å²) < 4.78 is 0.904. The van der Waals surface area contributed by atoms with Crippen LogP contribution in [-0.2, 0) is 4.79 Å². The summed E-state index contributed by atoms with van der Waals surface area (Å²) in [7, 11) is -2.09. The molecule has 1 aliphatic heterocycles. The third-order valence-electron chi connectivity index (χ3n) is 7.55. The molecule has 4 heteroatoms. The Bertz CT molecular complexity index is 755. The number of hydrogen-bond donors (Lipinski definition) is 0. The lowest BCUT2D eigenvalue weighted by Gasteiger charge is -2.43. The number of para-hydroxylation sites is 1. The highest BCUT2D eigenvalue weighted by Crippen LogP contribution is 2.52. The lowest BCUT2D eigenvalue weighted by atomic mass is 9.89. The summed E-state index contributed by atoms with van der Waals surface area (Å²) in [5, 5.41) is 0. The second kappa shape index (κ2) is 8.97. The van der Waals surface area contributed by atoms with Gasteiger partial charge in [0.05, 0.1) is 11.3 Å². The van der Waals surface area contributed by atoms with E-state index in [9.17, 15) is 4.79 Å². The van der Waals surface area contributed by atoms with Crippen molar-refractivity contribution in [2.24, 2.45) is 5.92 Å². The van der Waals surface area contributed by atoms with Crippen LogP contribution in [-0.4, -0.2) is 20.5 Å². The smallest absolute Gasteiger partial charge is 0.259 e. The first-order valence-corrected chi connectivity index (χ1v) is 14.1. The first kappa shape index (κ1) is 22.6. The molecule has 1 amide bonds. The second-order valence-corrected chi connectivity index (χ2v) is 16.5. The Kier molecular flexibility index (Phi) is 7.00. The molecular weight excluding hydrogens is 394 g/mol. The zero-order valence-corrected chi connectivity index (χ0v) is 20.9. The Hall–Kier alpha value is -1.06. The molecule has 1 aliphatic carbocycles. The van der Waals surface area contributed by atoms with Crippen molar-refractivity contribution in [2.75, 3.05) is 11.4 Å². The number of carbonyl (C=O) groups is 1. The predicted octanol–water partition coefficient (Wildman–Crippen LogP) is 7.78. The van der Waals surface area contributed by atoms with Crippen LogP contribution in [0.4, 0.5) is 5.69 Å². The van der Waals surface area contributed by atoms with Gasteiger partial charge in [-0.15, -0.1) is 0 Å². The van der Waals surface area contributed by atoms with Crippen molar-refractivity contribution in [1.29, 1.82) is 0 Å².